The molecule has 4 aliphatic rings. The monoisotopic (exact) mass is 1390 g/mol. The second kappa shape index (κ2) is 40.3. The Balaban J connectivity index is 0.969. The summed E-state index contributed by atoms with van der Waals surface area (Å²) in [7, 11) is 1.44. The molecule has 4 aliphatic heterocycles. The fraction of sp³-hybridized carbons (Fsp3) is 0.618. The van der Waals surface area contributed by atoms with Gasteiger partial charge in [0, 0.05) is 147 Å². The minimum absolute atomic E-state index is 0.0622. The number of aliphatic imine (C=N–C) groups is 2. The number of rotatable bonds is 36. The molecule has 0 aromatic heterocycles. The summed E-state index contributed by atoms with van der Waals surface area (Å²) in [5, 5.41) is 36.9. The van der Waals surface area contributed by atoms with E-state index in [1.807, 2.05) is 24.0 Å². The first kappa shape index (κ1) is 79.2. The maximum atomic E-state index is 14.2. The van der Waals surface area contributed by atoms with Crippen LogP contribution in [0.3, 0.4) is 0 Å². The second-order valence-electron chi connectivity index (χ2n) is 25.5. The van der Waals surface area contributed by atoms with E-state index >= 15 is 0 Å². The number of amides is 7. The number of nitrogens with one attached hydrogen (secondary N) is 3. The zero-order valence-corrected chi connectivity index (χ0v) is 57.8. The van der Waals surface area contributed by atoms with Gasteiger partial charge < -0.3 is 45.8 Å². The lowest BCUT2D eigenvalue weighted by Gasteiger charge is -2.36. The molecule has 0 radical (unpaired) electrons. The van der Waals surface area contributed by atoms with E-state index in [1.165, 1.54) is 25.0 Å². The van der Waals surface area contributed by atoms with E-state index in [0.29, 0.717) is 94.9 Å². The van der Waals surface area contributed by atoms with Crippen LogP contribution >= 0.6 is 11.8 Å². The van der Waals surface area contributed by atoms with Crippen molar-refractivity contribution in [3.05, 3.63) is 65.2 Å². The zero-order chi connectivity index (χ0) is 71.3. The molecule has 0 spiro atoms. The number of alkyl halides is 2. The molecule has 98 heavy (non-hydrogen) atoms. The summed E-state index contributed by atoms with van der Waals surface area (Å²) >= 11 is 1.25. The van der Waals surface area contributed by atoms with Crippen LogP contribution in [0.25, 0.3) is 5.57 Å². The van der Waals surface area contributed by atoms with E-state index < -0.39 is 90.2 Å². The Morgan fingerprint density at radius 3 is 1.95 bits per heavy atom. The van der Waals surface area contributed by atoms with Crippen molar-refractivity contribution < 1.29 is 76.8 Å². The Hall–Kier alpha value is -7.77. The molecule has 4 heterocycles. The fourth-order valence-electron chi connectivity index (χ4n) is 12.3. The molecule has 7 amide bonds. The van der Waals surface area contributed by atoms with Gasteiger partial charge in [-0.2, -0.15) is 0 Å². The van der Waals surface area contributed by atoms with E-state index in [-0.39, 0.29) is 121 Å². The highest BCUT2D eigenvalue weighted by Crippen LogP contribution is 2.33. The van der Waals surface area contributed by atoms with Crippen molar-refractivity contribution in [2.75, 3.05) is 157 Å². The summed E-state index contributed by atoms with van der Waals surface area (Å²) in [5.74, 6) is -8.91. The number of nitrogens with zero attached hydrogens (tertiary/aromatic N) is 10. The highest BCUT2D eigenvalue weighted by molar-refractivity contribution is 8.00. The molecule has 0 saturated carbocycles. The third-order valence-corrected chi connectivity index (χ3v) is 19.1. The van der Waals surface area contributed by atoms with Gasteiger partial charge in [0.05, 0.1) is 68.8 Å². The van der Waals surface area contributed by atoms with Crippen LogP contribution in [0.4, 0.5) is 14.5 Å². The van der Waals surface area contributed by atoms with Gasteiger partial charge in [-0.3, -0.25) is 87.3 Å². The maximum absolute atomic E-state index is 14.2. The van der Waals surface area contributed by atoms with Crippen LogP contribution in [-0.4, -0.2) is 307 Å². The van der Waals surface area contributed by atoms with Gasteiger partial charge in [0.25, 0.3) is 11.8 Å². The number of thioether (sulfide) groups is 1. The molecule has 4 atom stereocenters. The number of likely N-dealkylation sites (tertiary alicyclic amines) is 2. The number of hydrogen-bond donors (Lipinski definition) is 6. The molecule has 0 bridgehead atoms. The molecule has 6 N–H and O–H groups in total. The normalized spacial score (nSPS) is 19.6. The second-order valence-corrected chi connectivity index (χ2v) is 26.7. The number of hydrogen-bond acceptors (Lipinski definition) is 19. The number of carbonyl (C=O) groups excluding carboxylic acids is 7. The Morgan fingerprint density at radius 1 is 0.765 bits per heavy atom. The number of aryl methyl sites for hydroxylation is 2. The van der Waals surface area contributed by atoms with E-state index in [0.717, 1.165) is 40.3 Å². The molecule has 4 fully saturated rings. The molecule has 2 aromatic rings. The molecule has 540 valence electrons. The van der Waals surface area contributed by atoms with Crippen molar-refractivity contribution >= 4 is 95.2 Å². The Labute approximate surface area is 576 Å². The third-order valence-electron chi connectivity index (χ3n) is 17.7. The fourth-order valence-corrected chi connectivity index (χ4v) is 13.6. The van der Waals surface area contributed by atoms with Gasteiger partial charge in [0.1, 0.15) is 5.75 Å². The van der Waals surface area contributed by atoms with Gasteiger partial charge in [-0.25, -0.2) is 8.78 Å². The van der Waals surface area contributed by atoms with Crippen LogP contribution in [0.5, 0.6) is 5.75 Å². The zero-order valence-electron chi connectivity index (χ0n) is 57.0. The summed E-state index contributed by atoms with van der Waals surface area (Å²) < 4.78 is 34.5. The number of allylic oxidation sites excluding steroid dienone is 1. The third kappa shape index (κ3) is 26.8. The molecule has 2 aromatic carbocycles. The van der Waals surface area contributed by atoms with Crippen LogP contribution < -0.4 is 20.7 Å². The number of benzene rings is 2. The van der Waals surface area contributed by atoms with Gasteiger partial charge in [-0.05, 0) is 95.8 Å². The highest BCUT2D eigenvalue weighted by Gasteiger charge is 2.46. The Bertz CT molecular complexity index is 3090. The van der Waals surface area contributed by atoms with Gasteiger partial charge >= 0.3 is 17.9 Å². The SMILES string of the molecule is C=Nc1ccc(OCCCCN2CCN(C(=O)[C@H](C)CN3C(=O)CC(SC[C@H](CCCCNC(=O)CCCc4ccc(C)cc4)NC(=O)CN4CCN(CC(=O)O)CCN(CC(=O)O)CCN(CC(=O)O)CC4)C3=O)CC2)cc1/C(=C\C)C(=O)NCC(=O)N1CC(F)(F)C[C@@H]1C=NC. The largest absolute Gasteiger partial charge is 0.494 e. The molecule has 1 unspecified atom stereocenters. The molecular formula is C68H99F2N13O14S. The molecule has 0 aliphatic carbocycles. The number of carboxylic acid groups (broad SMARTS) is 3. The molecule has 30 heteroatoms. The number of ether oxygens (including phenoxy) is 1. The first-order valence-corrected chi connectivity index (χ1v) is 34.8. The number of unbranched alkanes of at least 4 members (excludes halogenated alkanes) is 2. The standard InChI is InChI=1S/C68H99F2N13O14S/c1-6-54(65(94)74-40-61(87)83-47-68(69,70)38-52(83)39-71-4)55-36-53(19-20-56(55)72-5)97-35-10-9-22-76-31-33-81(34-32-76)66(95)49(3)41-82-60(86)37-57(67(82)96)98-46-51(13-7-8-21-73-58(84)14-11-12-50-17-15-48(2)16-18-50)75-59(85)42-77-23-25-78(43-62(88)89)27-29-80(45-64(92)93)30-28-79(26-24-77)44-63(90)91/h6,15-20,36,39,49,51-52,57H,5,7-14,21-35,37-38,40-47H2,1-4H3,(H,73,84)(H,74,94)(H,75,85)(H,88,89)(H,90,91)(H,92,93)/b54-6+,71-39?/t49-,51+,52-,57?/m1/s1. The minimum atomic E-state index is -3.07. The van der Waals surface area contributed by atoms with E-state index in [2.05, 4.69) is 49.7 Å². The summed E-state index contributed by atoms with van der Waals surface area (Å²) in [4.78, 5) is 151. The summed E-state index contributed by atoms with van der Waals surface area (Å²) in [6, 6.07) is 11.9. The smallest absolute Gasteiger partial charge is 0.317 e. The minimum Gasteiger partial charge on any atom is -0.494 e. The van der Waals surface area contributed by atoms with Gasteiger partial charge in [0.15, 0.2) is 0 Å². The predicted octanol–water partition coefficient (Wildman–Crippen LogP) is 2.85. The summed E-state index contributed by atoms with van der Waals surface area (Å²) in [6.45, 7) is 12.0. The summed E-state index contributed by atoms with van der Waals surface area (Å²) in [5.41, 5.74) is 3.32. The average Bonchev–Trinajstić information content (AvgIpc) is 1.59. The molecule has 6 rings (SSSR count). The lowest BCUT2D eigenvalue weighted by Crippen LogP contribution is -2.51. The van der Waals surface area contributed by atoms with Crippen LogP contribution in [0, 0.1) is 12.8 Å². The van der Waals surface area contributed by atoms with Crippen molar-refractivity contribution in [3.63, 3.8) is 0 Å². The van der Waals surface area contributed by atoms with Crippen LogP contribution in [0.2, 0.25) is 0 Å². The number of aliphatic carboxylic acids is 3. The van der Waals surface area contributed by atoms with Crippen molar-refractivity contribution in [1.29, 1.82) is 0 Å². The quantitative estimate of drug-likeness (QED) is 0.0247. The predicted molar refractivity (Wildman–Crippen MR) is 368 cm³/mol. The Morgan fingerprint density at radius 2 is 1.37 bits per heavy atom. The maximum Gasteiger partial charge on any atom is 0.317 e. The molecular weight excluding hydrogens is 1290 g/mol. The van der Waals surface area contributed by atoms with Gasteiger partial charge in [0.2, 0.25) is 35.4 Å². The molecule has 27 nitrogen and oxygen atoms in total. The summed E-state index contributed by atoms with van der Waals surface area (Å²) in [6.07, 6.45) is 7.19. The van der Waals surface area contributed by atoms with Crippen molar-refractivity contribution in [2.45, 2.75) is 108 Å². The number of imide groups is 1. The van der Waals surface area contributed by atoms with Gasteiger partial charge in [-0.15, -0.1) is 11.8 Å². The van der Waals surface area contributed by atoms with Crippen molar-refractivity contribution in [1.82, 2.24) is 55.1 Å². The average molecular weight is 1390 g/mol. The van der Waals surface area contributed by atoms with Crippen molar-refractivity contribution in [2.24, 2.45) is 15.9 Å². The van der Waals surface area contributed by atoms with Crippen molar-refractivity contribution in [3.8, 4) is 5.75 Å². The number of carboxylic acids is 3. The number of halogens is 2. The highest BCUT2D eigenvalue weighted by atomic mass is 32.2. The number of carbonyl (C=O) groups is 10. The first-order valence-electron chi connectivity index (χ1n) is 33.7. The van der Waals surface area contributed by atoms with Crippen LogP contribution in [0.15, 0.2) is 58.5 Å². The topological polar surface area (TPSA) is 327 Å². The number of piperazine rings is 1. The first-order chi connectivity index (χ1) is 46.8. The van der Waals surface area contributed by atoms with Crippen LogP contribution in [0.1, 0.15) is 88.3 Å². The van der Waals surface area contributed by atoms with E-state index in [9.17, 15) is 72.0 Å². The Kier molecular flexibility index (Phi) is 32.6. The van der Waals surface area contributed by atoms with E-state index in [1.54, 1.807) is 57.7 Å². The molecule has 4 saturated heterocycles. The lowest BCUT2D eigenvalue weighted by atomic mass is 10.0. The van der Waals surface area contributed by atoms with Gasteiger partial charge in [-0.1, -0.05) is 42.8 Å². The van der Waals surface area contributed by atoms with E-state index in [4.69, 9.17) is 4.74 Å². The lowest BCUT2D eigenvalue weighted by molar-refractivity contribution is -0.143. The van der Waals surface area contributed by atoms with Crippen LogP contribution in [-0.2, 0) is 54.4 Å².